The van der Waals surface area contributed by atoms with Crippen LogP contribution < -0.4 is 10.6 Å². The number of nitrogens with zero attached hydrogens (tertiary/aromatic N) is 2. The van der Waals surface area contributed by atoms with Crippen molar-refractivity contribution in [1.82, 2.24) is 9.88 Å². The van der Waals surface area contributed by atoms with Crippen LogP contribution in [-0.4, -0.2) is 35.8 Å². The van der Waals surface area contributed by atoms with E-state index in [4.69, 9.17) is 0 Å². The van der Waals surface area contributed by atoms with E-state index in [1.165, 1.54) is 29.3 Å². The fraction of sp³-hybridized carbons (Fsp3) is 0.136. The molecule has 160 valence electrons. The van der Waals surface area contributed by atoms with Gasteiger partial charge < -0.3 is 15.5 Å². The molecule has 0 saturated heterocycles. The van der Waals surface area contributed by atoms with E-state index in [1.54, 1.807) is 44.4 Å². The topological polar surface area (TPSA) is 74.3 Å². The Hall–Kier alpha value is -3.88. The molecule has 0 radical (unpaired) electrons. The van der Waals surface area contributed by atoms with Gasteiger partial charge in [-0.05, 0) is 54.6 Å². The highest BCUT2D eigenvalue weighted by molar-refractivity contribution is 6.08. The number of hydrogen-bond donors (Lipinski definition) is 2. The van der Waals surface area contributed by atoms with Crippen molar-refractivity contribution in [3.63, 3.8) is 0 Å². The van der Waals surface area contributed by atoms with Crippen LogP contribution in [0.5, 0.6) is 0 Å². The Balaban J connectivity index is 1.79. The zero-order chi connectivity index (χ0) is 22.6. The number of carbonyl (C=O) groups is 2. The second-order valence-electron chi connectivity index (χ2n) is 6.83. The van der Waals surface area contributed by atoms with Gasteiger partial charge in [-0.1, -0.05) is 6.07 Å². The van der Waals surface area contributed by atoms with Crippen molar-refractivity contribution in [3.8, 4) is 0 Å². The van der Waals surface area contributed by atoms with Crippen LogP contribution in [-0.2, 0) is 6.18 Å². The SMILES string of the molecule is CN(C)C(=O)c1ccc(NC(=O)c2cccnc2Nc2cccc(C(F)(F)F)c2)cc1. The van der Waals surface area contributed by atoms with E-state index in [9.17, 15) is 22.8 Å². The van der Waals surface area contributed by atoms with E-state index in [0.717, 1.165) is 12.1 Å². The standard InChI is InChI=1S/C22H19F3N4O2/c1-29(2)21(31)14-8-10-16(11-9-14)28-20(30)18-7-4-12-26-19(18)27-17-6-3-5-15(13-17)22(23,24)25/h3-13H,1-2H3,(H,26,27)(H,28,30). The molecule has 3 rings (SSSR count). The van der Waals surface area contributed by atoms with E-state index in [1.807, 2.05) is 0 Å². The van der Waals surface area contributed by atoms with Crippen LogP contribution in [0.25, 0.3) is 0 Å². The summed E-state index contributed by atoms with van der Waals surface area (Å²) < 4.78 is 38.8. The second-order valence-corrected chi connectivity index (χ2v) is 6.83. The highest BCUT2D eigenvalue weighted by Crippen LogP contribution is 2.31. The maximum atomic E-state index is 12.9. The first-order valence-electron chi connectivity index (χ1n) is 9.17. The van der Waals surface area contributed by atoms with Crippen LogP contribution in [0.2, 0.25) is 0 Å². The molecule has 6 nitrogen and oxygen atoms in total. The molecule has 0 aliphatic carbocycles. The number of aromatic nitrogens is 1. The Morgan fingerprint density at radius 1 is 0.935 bits per heavy atom. The predicted octanol–water partition coefficient (Wildman–Crippen LogP) is 4.80. The molecule has 2 N–H and O–H groups in total. The third-order valence-corrected chi connectivity index (χ3v) is 4.30. The summed E-state index contributed by atoms with van der Waals surface area (Å²) in [5.41, 5.74) is 0.403. The monoisotopic (exact) mass is 428 g/mol. The first-order chi connectivity index (χ1) is 14.6. The lowest BCUT2D eigenvalue weighted by Gasteiger charge is -2.13. The average Bonchev–Trinajstić information content (AvgIpc) is 2.73. The summed E-state index contributed by atoms with van der Waals surface area (Å²) in [5, 5.41) is 5.46. The Morgan fingerprint density at radius 3 is 2.29 bits per heavy atom. The average molecular weight is 428 g/mol. The van der Waals surface area contributed by atoms with E-state index < -0.39 is 17.6 Å². The third-order valence-electron chi connectivity index (χ3n) is 4.30. The molecular formula is C22H19F3N4O2. The lowest BCUT2D eigenvalue weighted by atomic mass is 10.1. The van der Waals surface area contributed by atoms with Crippen molar-refractivity contribution < 1.29 is 22.8 Å². The number of pyridine rings is 1. The largest absolute Gasteiger partial charge is 0.416 e. The van der Waals surface area contributed by atoms with Gasteiger partial charge in [0.15, 0.2) is 0 Å². The number of carbonyl (C=O) groups excluding carboxylic acids is 2. The molecule has 0 spiro atoms. The molecular weight excluding hydrogens is 409 g/mol. The Morgan fingerprint density at radius 2 is 1.65 bits per heavy atom. The first-order valence-corrected chi connectivity index (χ1v) is 9.17. The summed E-state index contributed by atoms with van der Waals surface area (Å²) in [6.07, 6.45) is -3.06. The molecule has 0 atom stereocenters. The van der Waals surface area contributed by atoms with Crippen molar-refractivity contribution in [2.75, 3.05) is 24.7 Å². The van der Waals surface area contributed by atoms with Crippen LogP contribution in [0.4, 0.5) is 30.4 Å². The van der Waals surface area contributed by atoms with Gasteiger partial charge in [-0.3, -0.25) is 9.59 Å². The summed E-state index contributed by atoms with van der Waals surface area (Å²) in [5.74, 6) is -0.564. The number of benzene rings is 2. The minimum Gasteiger partial charge on any atom is -0.345 e. The van der Waals surface area contributed by atoms with Crippen molar-refractivity contribution >= 4 is 29.0 Å². The quantitative estimate of drug-likeness (QED) is 0.612. The molecule has 0 saturated carbocycles. The summed E-state index contributed by atoms with van der Waals surface area (Å²) in [6.45, 7) is 0. The van der Waals surface area contributed by atoms with Gasteiger partial charge in [0.1, 0.15) is 5.82 Å². The van der Waals surface area contributed by atoms with Gasteiger partial charge in [0.2, 0.25) is 0 Å². The van der Waals surface area contributed by atoms with Crippen LogP contribution in [0.1, 0.15) is 26.3 Å². The molecule has 0 unspecified atom stereocenters. The Kier molecular flexibility index (Phi) is 6.24. The van der Waals surface area contributed by atoms with Crippen molar-refractivity contribution in [2.45, 2.75) is 6.18 Å². The van der Waals surface area contributed by atoms with Crippen LogP contribution in [0.15, 0.2) is 66.9 Å². The van der Waals surface area contributed by atoms with Gasteiger partial charge in [-0.2, -0.15) is 13.2 Å². The number of nitrogens with one attached hydrogen (secondary N) is 2. The van der Waals surface area contributed by atoms with Gasteiger partial charge in [-0.15, -0.1) is 0 Å². The minimum atomic E-state index is -4.48. The van der Waals surface area contributed by atoms with E-state index in [-0.39, 0.29) is 23.0 Å². The fourth-order valence-corrected chi connectivity index (χ4v) is 2.75. The number of hydrogen-bond acceptors (Lipinski definition) is 4. The molecule has 0 bridgehead atoms. The van der Waals surface area contributed by atoms with Gasteiger partial charge >= 0.3 is 6.18 Å². The molecule has 2 aromatic carbocycles. The van der Waals surface area contributed by atoms with Gasteiger partial charge in [-0.25, -0.2) is 4.98 Å². The van der Waals surface area contributed by atoms with Gasteiger partial charge in [0.05, 0.1) is 11.1 Å². The molecule has 3 aromatic rings. The molecule has 0 fully saturated rings. The van der Waals surface area contributed by atoms with E-state index in [2.05, 4.69) is 15.6 Å². The second kappa shape index (κ2) is 8.86. The van der Waals surface area contributed by atoms with Crippen molar-refractivity contribution in [3.05, 3.63) is 83.6 Å². The third kappa shape index (κ3) is 5.39. The molecule has 9 heteroatoms. The van der Waals surface area contributed by atoms with E-state index >= 15 is 0 Å². The fourth-order valence-electron chi connectivity index (χ4n) is 2.75. The zero-order valence-electron chi connectivity index (χ0n) is 16.7. The Bertz CT molecular complexity index is 1100. The van der Waals surface area contributed by atoms with E-state index in [0.29, 0.717) is 11.3 Å². The lowest BCUT2D eigenvalue weighted by Crippen LogP contribution is -2.21. The van der Waals surface area contributed by atoms with Crippen LogP contribution in [0.3, 0.4) is 0 Å². The maximum absolute atomic E-state index is 12.9. The van der Waals surface area contributed by atoms with Crippen LogP contribution in [0, 0.1) is 0 Å². The molecule has 1 heterocycles. The Labute approximate surface area is 176 Å². The minimum absolute atomic E-state index is 0.110. The summed E-state index contributed by atoms with van der Waals surface area (Å²) in [4.78, 5) is 30.2. The number of anilines is 3. The predicted molar refractivity (Wildman–Crippen MR) is 111 cm³/mol. The molecule has 31 heavy (non-hydrogen) atoms. The maximum Gasteiger partial charge on any atom is 0.416 e. The summed E-state index contributed by atoms with van der Waals surface area (Å²) in [6, 6.07) is 14.0. The highest BCUT2D eigenvalue weighted by atomic mass is 19.4. The van der Waals surface area contributed by atoms with Crippen molar-refractivity contribution in [2.24, 2.45) is 0 Å². The summed E-state index contributed by atoms with van der Waals surface area (Å²) >= 11 is 0. The number of alkyl halides is 3. The number of halogens is 3. The number of amides is 2. The molecule has 2 amide bonds. The van der Waals surface area contributed by atoms with Crippen molar-refractivity contribution in [1.29, 1.82) is 0 Å². The highest BCUT2D eigenvalue weighted by Gasteiger charge is 2.30. The smallest absolute Gasteiger partial charge is 0.345 e. The number of rotatable bonds is 5. The van der Waals surface area contributed by atoms with Gasteiger partial charge in [0, 0.05) is 37.2 Å². The molecule has 0 aliphatic heterocycles. The molecule has 1 aromatic heterocycles. The summed E-state index contributed by atoms with van der Waals surface area (Å²) in [7, 11) is 3.28. The lowest BCUT2D eigenvalue weighted by molar-refractivity contribution is -0.137. The normalized spacial score (nSPS) is 11.0. The molecule has 0 aliphatic rings. The van der Waals surface area contributed by atoms with Gasteiger partial charge in [0.25, 0.3) is 11.8 Å². The first kappa shape index (κ1) is 21.8. The zero-order valence-corrected chi connectivity index (χ0v) is 16.7. The van der Waals surface area contributed by atoms with Crippen LogP contribution >= 0.6 is 0 Å².